The monoisotopic (exact) mass is 1180 g/mol. The molecule has 1 heterocycles. The fraction of sp³-hybridized carbons (Fsp3) is 0.0941. The number of fused-ring (bicyclic) bond motifs is 3. The van der Waals surface area contributed by atoms with Gasteiger partial charge in [0.1, 0.15) is 11.6 Å². The molecule has 4 N–H and O–H groups in total. The molecule has 0 saturated heterocycles. The van der Waals surface area contributed by atoms with Gasteiger partial charge in [-0.1, -0.05) is 253 Å². The Morgan fingerprint density at radius 3 is 1.00 bits per heavy atom. The zero-order valence-electron chi connectivity index (χ0n) is 52.6. The molecule has 0 bridgehead atoms. The summed E-state index contributed by atoms with van der Waals surface area (Å²) in [6.45, 7) is 11.3. The van der Waals surface area contributed by atoms with E-state index in [-0.39, 0.29) is 10.8 Å². The molecular weight excluding hydrogens is 1110 g/mol. The SMILES string of the molecule is CC(C)(C)c1ccc(Nc2ccc(-c3ccccc3)cc2)cc1.CC1(C)c2ccccc2-c2ccc(Nc3ccc(-c4ccccc4)cc3)cc21.COc1ccc(Nc2ccc(-c3ccccc3)cc2)cc1.c1ccc(-c2ccc(Nc3ccccn3)cc2)cc1. The average Bonchev–Trinajstić information content (AvgIpc) is 1.63. The molecule has 14 rings (SSSR count). The van der Waals surface area contributed by atoms with Gasteiger partial charge in [-0.3, -0.25) is 0 Å². The molecule has 6 heteroatoms. The molecule has 0 radical (unpaired) electrons. The van der Waals surface area contributed by atoms with Crippen LogP contribution in [0.1, 0.15) is 51.3 Å². The van der Waals surface area contributed by atoms with Gasteiger partial charge in [0.15, 0.2) is 0 Å². The molecule has 13 aromatic rings. The van der Waals surface area contributed by atoms with Crippen molar-refractivity contribution in [1.82, 2.24) is 4.98 Å². The van der Waals surface area contributed by atoms with Crippen LogP contribution in [-0.2, 0) is 10.8 Å². The van der Waals surface area contributed by atoms with Crippen molar-refractivity contribution < 1.29 is 4.74 Å². The van der Waals surface area contributed by atoms with E-state index in [2.05, 4.69) is 322 Å². The molecule has 0 fully saturated rings. The van der Waals surface area contributed by atoms with Crippen molar-refractivity contribution in [2.45, 2.75) is 45.4 Å². The lowest BCUT2D eigenvalue weighted by molar-refractivity contribution is 0.415. The molecule has 0 atom stereocenters. The van der Waals surface area contributed by atoms with Crippen LogP contribution >= 0.6 is 0 Å². The number of methoxy groups -OCH3 is 1. The third-order valence-corrected chi connectivity index (χ3v) is 16.2. The standard InChI is InChI=1S/C27H23N.C22H23N.C19H17NO.C17H14N2/c1-27(2)25-11-7-6-10-23(25)24-17-16-22(18-26(24)27)28-21-14-12-20(13-15-21)19-8-4-3-5-9-19;1-22(2,3)19-11-15-21(16-12-19)23-20-13-9-18(10-14-20)17-7-5-4-6-8-17;1-21-19-13-11-18(12-14-19)20-17-9-7-16(8-10-17)15-5-3-2-4-6-15;1-2-6-14(7-3-1)15-9-11-16(12-10-15)19-17-8-4-5-13-18-17/h3-18,28H,1-2H3;4-16,23H,1-3H3;2-14,20H,1H3;1-13H,(H,18,19). The minimum absolute atomic E-state index is 0.0286. The van der Waals surface area contributed by atoms with Crippen LogP contribution in [-0.4, -0.2) is 12.1 Å². The highest BCUT2D eigenvalue weighted by Gasteiger charge is 2.35. The lowest BCUT2D eigenvalue weighted by Crippen LogP contribution is -2.15. The van der Waals surface area contributed by atoms with Crippen LogP contribution in [0.2, 0.25) is 0 Å². The van der Waals surface area contributed by atoms with Crippen molar-refractivity contribution >= 4 is 45.6 Å². The topological polar surface area (TPSA) is 70.2 Å². The molecule has 0 unspecified atom stereocenters. The van der Waals surface area contributed by atoms with E-state index in [0.29, 0.717) is 0 Å². The van der Waals surface area contributed by atoms with Crippen LogP contribution in [0.25, 0.3) is 55.6 Å². The molecule has 1 aliphatic rings. The van der Waals surface area contributed by atoms with Crippen molar-refractivity contribution in [3.8, 4) is 61.4 Å². The van der Waals surface area contributed by atoms with Crippen molar-refractivity contribution in [1.29, 1.82) is 0 Å². The van der Waals surface area contributed by atoms with Crippen LogP contribution in [0.4, 0.5) is 45.6 Å². The number of ether oxygens (including phenoxy) is 1. The zero-order valence-corrected chi connectivity index (χ0v) is 52.6. The van der Waals surface area contributed by atoms with E-state index in [1.54, 1.807) is 13.3 Å². The number of nitrogens with zero attached hydrogens (tertiary/aromatic N) is 1. The van der Waals surface area contributed by atoms with Gasteiger partial charge in [-0.15, -0.1) is 0 Å². The Balaban J connectivity index is 0.000000126. The first-order valence-electron chi connectivity index (χ1n) is 31.0. The Morgan fingerprint density at radius 1 is 0.297 bits per heavy atom. The lowest BCUT2D eigenvalue weighted by Gasteiger charge is -2.22. The fourth-order valence-corrected chi connectivity index (χ4v) is 11.1. The van der Waals surface area contributed by atoms with Gasteiger partial charge >= 0.3 is 0 Å². The predicted molar refractivity (Wildman–Crippen MR) is 387 cm³/mol. The number of nitrogens with one attached hydrogen (secondary N) is 4. The number of benzene rings is 12. The molecular formula is C85H77N5O. The highest BCUT2D eigenvalue weighted by Crippen LogP contribution is 2.49. The molecule has 1 aliphatic carbocycles. The minimum Gasteiger partial charge on any atom is -0.497 e. The molecule has 0 amide bonds. The van der Waals surface area contributed by atoms with Gasteiger partial charge < -0.3 is 26.0 Å². The van der Waals surface area contributed by atoms with Crippen molar-refractivity contribution in [2.75, 3.05) is 28.4 Å². The van der Waals surface area contributed by atoms with E-state index >= 15 is 0 Å². The average molecular weight is 1180 g/mol. The summed E-state index contributed by atoms with van der Waals surface area (Å²) < 4.78 is 5.16. The lowest BCUT2D eigenvalue weighted by atomic mass is 9.82. The van der Waals surface area contributed by atoms with E-state index in [0.717, 1.165) is 51.4 Å². The smallest absolute Gasteiger partial charge is 0.130 e. The second-order valence-corrected chi connectivity index (χ2v) is 24.0. The number of aromatic nitrogens is 1. The third-order valence-electron chi connectivity index (χ3n) is 16.2. The molecule has 12 aromatic carbocycles. The van der Waals surface area contributed by atoms with Crippen molar-refractivity contribution in [3.05, 3.63) is 350 Å². The number of hydrogen-bond acceptors (Lipinski definition) is 6. The van der Waals surface area contributed by atoms with Crippen LogP contribution in [0.5, 0.6) is 5.75 Å². The summed E-state index contributed by atoms with van der Waals surface area (Å²) in [5.74, 6) is 1.72. The van der Waals surface area contributed by atoms with Crippen molar-refractivity contribution in [2.24, 2.45) is 0 Å². The summed E-state index contributed by atoms with van der Waals surface area (Å²) in [5, 5.41) is 13.7. The third kappa shape index (κ3) is 16.3. The molecule has 1 aromatic heterocycles. The second-order valence-electron chi connectivity index (χ2n) is 24.0. The van der Waals surface area contributed by atoms with Gasteiger partial charge in [0, 0.05) is 51.4 Å². The Bertz CT molecular complexity index is 4350. The van der Waals surface area contributed by atoms with Gasteiger partial charge in [0.05, 0.1) is 7.11 Å². The summed E-state index contributed by atoms with van der Waals surface area (Å²) in [6, 6.07) is 114. The first kappa shape index (κ1) is 61.4. The van der Waals surface area contributed by atoms with Crippen molar-refractivity contribution in [3.63, 3.8) is 0 Å². The molecule has 91 heavy (non-hydrogen) atoms. The Morgan fingerprint density at radius 2 is 0.615 bits per heavy atom. The molecule has 448 valence electrons. The summed E-state index contributed by atoms with van der Waals surface area (Å²) in [6.07, 6.45) is 1.78. The van der Waals surface area contributed by atoms with E-state index in [4.69, 9.17) is 4.74 Å². The summed E-state index contributed by atoms with van der Waals surface area (Å²) >= 11 is 0. The maximum atomic E-state index is 5.16. The highest BCUT2D eigenvalue weighted by atomic mass is 16.5. The maximum Gasteiger partial charge on any atom is 0.130 e. The van der Waals surface area contributed by atoms with Crippen LogP contribution in [0, 0.1) is 0 Å². The van der Waals surface area contributed by atoms with Gasteiger partial charge in [0.25, 0.3) is 0 Å². The van der Waals surface area contributed by atoms with Gasteiger partial charge in [-0.2, -0.15) is 0 Å². The Kier molecular flexibility index (Phi) is 19.7. The van der Waals surface area contributed by atoms with Crippen LogP contribution in [0.15, 0.2) is 334 Å². The predicted octanol–water partition coefficient (Wildman–Crippen LogP) is 23.4. The zero-order chi connectivity index (χ0) is 62.8. The van der Waals surface area contributed by atoms with Gasteiger partial charge in [-0.25, -0.2) is 4.98 Å². The number of rotatable bonds is 13. The molecule has 0 aliphatic heterocycles. The summed E-state index contributed by atoms with van der Waals surface area (Å²) in [4.78, 5) is 4.24. The van der Waals surface area contributed by atoms with Gasteiger partial charge in [0.2, 0.25) is 0 Å². The largest absolute Gasteiger partial charge is 0.497 e. The first-order chi connectivity index (χ1) is 44.4. The number of pyridine rings is 1. The summed E-state index contributed by atoms with van der Waals surface area (Å²) in [7, 11) is 1.67. The quantitative estimate of drug-likeness (QED) is 0.0922. The minimum atomic E-state index is 0.0286. The van der Waals surface area contributed by atoms with Gasteiger partial charge in [-0.05, 0) is 187 Å². The number of hydrogen-bond donors (Lipinski definition) is 4. The summed E-state index contributed by atoms with van der Waals surface area (Å²) in [5.41, 5.74) is 24.5. The Labute approximate surface area is 538 Å². The first-order valence-corrected chi connectivity index (χ1v) is 31.0. The van der Waals surface area contributed by atoms with E-state index in [9.17, 15) is 0 Å². The number of anilines is 8. The molecule has 6 nitrogen and oxygen atoms in total. The van der Waals surface area contributed by atoms with Crippen LogP contribution < -0.4 is 26.0 Å². The maximum absolute atomic E-state index is 5.16. The molecule has 0 spiro atoms. The Hall–Kier alpha value is -11.2. The molecule has 0 saturated carbocycles. The second kappa shape index (κ2) is 29.2. The van der Waals surface area contributed by atoms with E-state index in [1.807, 2.05) is 66.7 Å². The highest BCUT2D eigenvalue weighted by molar-refractivity contribution is 5.83. The van der Waals surface area contributed by atoms with E-state index in [1.165, 1.54) is 72.3 Å². The van der Waals surface area contributed by atoms with E-state index < -0.39 is 0 Å². The van der Waals surface area contributed by atoms with Crippen LogP contribution in [0.3, 0.4) is 0 Å². The fourth-order valence-electron chi connectivity index (χ4n) is 11.1. The normalized spacial score (nSPS) is 11.5.